The Hall–Kier alpha value is 0.0569. The van der Waals surface area contributed by atoms with Gasteiger partial charge in [0.25, 0.3) is 0 Å². The second-order valence-corrected chi connectivity index (χ2v) is 4.74. The van der Waals surface area contributed by atoms with Crippen molar-refractivity contribution in [1.29, 1.82) is 0 Å². The molecule has 2 atom stereocenters. The first-order valence-electron chi connectivity index (χ1n) is 5.28. The van der Waals surface area contributed by atoms with E-state index in [4.69, 9.17) is 19.0 Å². The summed E-state index contributed by atoms with van der Waals surface area (Å²) < 4.78 is 15.8. The molecule has 0 bridgehead atoms. The smallest absolute Gasteiger partial charge is 0.185 e. The Morgan fingerprint density at radius 1 is 1.57 bits per heavy atom. The number of epoxide rings is 1. The van der Waals surface area contributed by atoms with E-state index in [0.717, 1.165) is 26.1 Å². The Labute approximate surface area is 87.5 Å². The topological polar surface area (TPSA) is 51.2 Å². The summed E-state index contributed by atoms with van der Waals surface area (Å²) in [5, 5.41) is 0. The second kappa shape index (κ2) is 7.36. The number of hydrogen-bond acceptors (Lipinski definition) is 4. The van der Waals surface area contributed by atoms with Gasteiger partial charge in [-0.1, -0.05) is 6.92 Å². The van der Waals surface area contributed by atoms with Gasteiger partial charge in [0.1, 0.15) is 6.10 Å². The van der Waals surface area contributed by atoms with Crippen LogP contribution in [-0.2, 0) is 14.2 Å². The minimum atomic E-state index is -0.997. The van der Waals surface area contributed by atoms with E-state index < -0.39 is 9.76 Å². The van der Waals surface area contributed by atoms with Gasteiger partial charge in [0.05, 0.1) is 18.9 Å². The highest BCUT2D eigenvalue weighted by Gasteiger charge is 2.21. The molecule has 0 saturated carbocycles. The normalized spacial score (nSPS) is 23.1. The van der Waals surface area contributed by atoms with Gasteiger partial charge >= 0.3 is 0 Å². The average Bonchev–Trinajstić information content (AvgIpc) is 3.01. The third-order valence-corrected chi connectivity index (χ3v) is 3.37. The zero-order chi connectivity index (χ0) is 10.2. The molecule has 5 heteroatoms. The highest BCUT2D eigenvalue weighted by Crippen LogP contribution is 2.08. The number of ether oxygens (including phenoxy) is 3. The van der Waals surface area contributed by atoms with Crippen LogP contribution in [-0.4, -0.2) is 52.8 Å². The van der Waals surface area contributed by atoms with Gasteiger partial charge < -0.3 is 19.0 Å². The Kier molecular flexibility index (Phi) is 6.38. The Balaban J connectivity index is 1.78. The van der Waals surface area contributed by atoms with E-state index >= 15 is 0 Å². The lowest BCUT2D eigenvalue weighted by atomic mass is 10.4. The van der Waals surface area contributed by atoms with Gasteiger partial charge in [0.2, 0.25) is 0 Å². The van der Waals surface area contributed by atoms with E-state index in [1.807, 2.05) is 6.92 Å². The van der Waals surface area contributed by atoms with Crippen LogP contribution in [0.3, 0.4) is 0 Å². The van der Waals surface area contributed by atoms with Crippen molar-refractivity contribution in [3.63, 3.8) is 0 Å². The van der Waals surface area contributed by atoms with Crippen molar-refractivity contribution >= 4 is 9.76 Å². The molecule has 14 heavy (non-hydrogen) atoms. The Bertz CT molecular complexity index is 137. The molecule has 1 rings (SSSR count). The third-order valence-electron chi connectivity index (χ3n) is 2.15. The molecule has 1 aliphatic heterocycles. The minimum Gasteiger partial charge on any atom is -0.436 e. The van der Waals surface area contributed by atoms with Crippen molar-refractivity contribution in [2.24, 2.45) is 0 Å². The van der Waals surface area contributed by atoms with Crippen LogP contribution in [0.4, 0.5) is 0 Å². The van der Waals surface area contributed by atoms with Gasteiger partial charge in [0, 0.05) is 13.2 Å². The Morgan fingerprint density at radius 3 is 2.93 bits per heavy atom. The quantitative estimate of drug-likeness (QED) is 0.327. The lowest BCUT2D eigenvalue weighted by Crippen LogP contribution is -2.20. The first-order chi connectivity index (χ1) is 6.86. The first-order valence-corrected chi connectivity index (χ1v) is 6.73. The molecule has 84 valence electrons. The summed E-state index contributed by atoms with van der Waals surface area (Å²) in [5.74, 6) is 0. The molecule has 0 aromatic carbocycles. The van der Waals surface area contributed by atoms with Crippen LogP contribution >= 0.6 is 0 Å². The van der Waals surface area contributed by atoms with Crippen molar-refractivity contribution in [2.45, 2.75) is 31.6 Å². The van der Waals surface area contributed by atoms with E-state index in [1.54, 1.807) is 0 Å². The van der Waals surface area contributed by atoms with Gasteiger partial charge in [-0.15, -0.1) is 0 Å². The van der Waals surface area contributed by atoms with Crippen LogP contribution in [0.25, 0.3) is 0 Å². The molecule has 1 N–H and O–H groups in total. The highest BCUT2D eigenvalue weighted by molar-refractivity contribution is 6.27. The lowest BCUT2D eigenvalue weighted by Gasteiger charge is -2.12. The van der Waals surface area contributed by atoms with E-state index in [1.165, 1.54) is 0 Å². The maximum Gasteiger partial charge on any atom is 0.185 e. The van der Waals surface area contributed by atoms with Gasteiger partial charge in [0.15, 0.2) is 9.76 Å². The van der Waals surface area contributed by atoms with Crippen LogP contribution in [0.1, 0.15) is 19.8 Å². The molecule has 0 aromatic heterocycles. The predicted octanol–water partition coefficient (Wildman–Crippen LogP) is -0.379. The van der Waals surface area contributed by atoms with Crippen molar-refractivity contribution in [3.05, 3.63) is 0 Å². The average molecular weight is 220 g/mol. The maximum atomic E-state index is 8.98. The molecular weight excluding hydrogens is 200 g/mol. The summed E-state index contributed by atoms with van der Waals surface area (Å²) in [6.45, 7) is 5.02. The summed E-state index contributed by atoms with van der Waals surface area (Å²) in [5.41, 5.74) is 0.127. The highest BCUT2D eigenvalue weighted by atomic mass is 28.2. The number of rotatable bonds is 9. The summed E-state index contributed by atoms with van der Waals surface area (Å²) in [6.07, 6.45) is 2.17. The van der Waals surface area contributed by atoms with E-state index in [0.29, 0.717) is 19.3 Å². The van der Waals surface area contributed by atoms with Crippen molar-refractivity contribution in [1.82, 2.24) is 0 Å². The second-order valence-electron chi connectivity index (χ2n) is 3.47. The summed E-state index contributed by atoms with van der Waals surface area (Å²) >= 11 is 0. The molecule has 2 unspecified atom stereocenters. The van der Waals surface area contributed by atoms with E-state index in [2.05, 4.69) is 0 Å². The lowest BCUT2D eigenvalue weighted by molar-refractivity contribution is 0.0581. The standard InChI is InChI=1S/C9H20O4Si/c1-2-9(14-10)12-5-3-4-11-6-8-7-13-8/h8-10H,2-7,14H2,1H3. The van der Waals surface area contributed by atoms with Crippen molar-refractivity contribution in [3.8, 4) is 0 Å². The van der Waals surface area contributed by atoms with Gasteiger partial charge in [-0.05, 0) is 12.8 Å². The molecule has 0 aliphatic carbocycles. The summed E-state index contributed by atoms with van der Waals surface area (Å²) in [6, 6.07) is 0. The zero-order valence-electron chi connectivity index (χ0n) is 8.78. The van der Waals surface area contributed by atoms with E-state index in [-0.39, 0.29) is 5.73 Å². The molecule has 4 nitrogen and oxygen atoms in total. The molecule has 0 amide bonds. The molecule has 1 fully saturated rings. The van der Waals surface area contributed by atoms with Gasteiger partial charge in [-0.25, -0.2) is 0 Å². The largest absolute Gasteiger partial charge is 0.436 e. The molecule has 1 saturated heterocycles. The van der Waals surface area contributed by atoms with Crippen molar-refractivity contribution < 1.29 is 19.0 Å². The third kappa shape index (κ3) is 5.72. The molecule has 1 heterocycles. The van der Waals surface area contributed by atoms with Crippen molar-refractivity contribution in [2.75, 3.05) is 26.4 Å². The fourth-order valence-corrected chi connectivity index (χ4v) is 1.62. The molecule has 0 aromatic rings. The van der Waals surface area contributed by atoms with E-state index in [9.17, 15) is 0 Å². The minimum absolute atomic E-state index is 0.127. The van der Waals surface area contributed by atoms with Crippen LogP contribution in [0, 0.1) is 0 Å². The van der Waals surface area contributed by atoms with Crippen LogP contribution < -0.4 is 0 Å². The fraction of sp³-hybridized carbons (Fsp3) is 1.00. The predicted molar refractivity (Wildman–Crippen MR) is 56.0 cm³/mol. The molecular formula is C9H20O4Si. The molecule has 0 radical (unpaired) electrons. The monoisotopic (exact) mass is 220 g/mol. The summed E-state index contributed by atoms with van der Waals surface area (Å²) in [7, 11) is -0.997. The van der Waals surface area contributed by atoms with Gasteiger partial charge in [-0.2, -0.15) is 0 Å². The van der Waals surface area contributed by atoms with Crippen LogP contribution in [0.5, 0.6) is 0 Å². The maximum absolute atomic E-state index is 8.98. The van der Waals surface area contributed by atoms with Crippen LogP contribution in [0.15, 0.2) is 0 Å². The SMILES string of the molecule is CCC(OCCCOCC1CO1)[SiH2]O. The molecule has 0 spiro atoms. The Morgan fingerprint density at radius 2 is 2.36 bits per heavy atom. The fourth-order valence-electron chi connectivity index (χ4n) is 1.09. The zero-order valence-corrected chi connectivity index (χ0v) is 10.2. The molecule has 1 aliphatic rings. The van der Waals surface area contributed by atoms with Crippen LogP contribution in [0.2, 0.25) is 0 Å². The number of hydrogen-bond donors (Lipinski definition) is 1. The summed E-state index contributed by atoms with van der Waals surface area (Å²) in [4.78, 5) is 8.98. The first kappa shape index (κ1) is 12.1. The van der Waals surface area contributed by atoms with Gasteiger partial charge in [-0.3, -0.25) is 0 Å².